The average Bonchev–Trinajstić information content (AvgIpc) is 2.90. The van der Waals surface area contributed by atoms with E-state index in [4.69, 9.17) is 11.5 Å². The van der Waals surface area contributed by atoms with E-state index in [1.807, 2.05) is 6.07 Å². The molecule has 0 saturated carbocycles. The molecule has 2 aromatic rings. The SMILES string of the molecule is CC(O)C(NC(=O)C(Cc1ccc(O)cc1)NC(=O)C(CCC(N)=O)NC(=O)C(N)Cc1ccccc1)C(=O)O. The highest BCUT2D eigenvalue weighted by molar-refractivity contribution is 5.94. The summed E-state index contributed by atoms with van der Waals surface area (Å²) in [7, 11) is 0. The lowest BCUT2D eigenvalue weighted by molar-refractivity contribution is -0.145. The van der Waals surface area contributed by atoms with E-state index < -0.39 is 59.9 Å². The number of amides is 4. The van der Waals surface area contributed by atoms with Crippen molar-refractivity contribution in [2.24, 2.45) is 11.5 Å². The highest BCUT2D eigenvalue weighted by Gasteiger charge is 2.32. The monoisotopic (exact) mass is 557 g/mol. The smallest absolute Gasteiger partial charge is 0.328 e. The zero-order valence-corrected chi connectivity index (χ0v) is 21.9. The zero-order chi connectivity index (χ0) is 29.8. The number of nitrogens with two attached hydrogens (primary N) is 2. The zero-order valence-electron chi connectivity index (χ0n) is 21.9. The molecule has 40 heavy (non-hydrogen) atoms. The molecule has 0 heterocycles. The number of carboxylic acid groups (broad SMARTS) is 1. The number of aliphatic carboxylic acids is 1. The second kappa shape index (κ2) is 15.2. The lowest BCUT2D eigenvalue weighted by Gasteiger charge is -2.26. The summed E-state index contributed by atoms with van der Waals surface area (Å²) in [5.41, 5.74) is 12.6. The first-order chi connectivity index (χ1) is 18.9. The van der Waals surface area contributed by atoms with Crippen molar-refractivity contribution >= 4 is 29.6 Å². The second-order valence-corrected chi connectivity index (χ2v) is 9.36. The molecule has 0 saturated heterocycles. The molecule has 0 fully saturated rings. The largest absolute Gasteiger partial charge is 0.508 e. The van der Waals surface area contributed by atoms with Gasteiger partial charge >= 0.3 is 5.97 Å². The Labute approximate surface area is 230 Å². The summed E-state index contributed by atoms with van der Waals surface area (Å²) in [6.45, 7) is 1.18. The second-order valence-electron chi connectivity index (χ2n) is 9.36. The van der Waals surface area contributed by atoms with Gasteiger partial charge in [-0.05, 0) is 43.0 Å². The molecule has 5 unspecified atom stereocenters. The van der Waals surface area contributed by atoms with Crippen molar-refractivity contribution in [3.63, 3.8) is 0 Å². The molecule has 0 aliphatic rings. The summed E-state index contributed by atoms with van der Waals surface area (Å²) < 4.78 is 0. The quantitative estimate of drug-likeness (QED) is 0.130. The van der Waals surface area contributed by atoms with Crippen LogP contribution in [-0.2, 0) is 36.8 Å². The van der Waals surface area contributed by atoms with Gasteiger partial charge in [0.1, 0.15) is 17.8 Å². The van der Waals surface area contributed by atoms with Crippen LogP contribution < -0.4 is 27.4 Å². The van der Waals surface area contributed by atoms with E-state index in [1.54, 1.807) is 24.3 Å². The van der Waals surface area contributed by atoms with Crippen molar-refractivity contribution < 1.29 is 39.3 Å². The molecule has 0 aliphatic heterocycles. The van der Waals surface area contributed by atoms with E-state index in [2.05, 4.69) is 16.0 Å². The Morgan fingerprint density at radius 1 is 0.800 bits per heavy atom. The molecule has 0 aliphatic carbocycles. The topological polar surface area (TPSA) is 234 Å². The van der Waals surface area contributed by atoms with E-state index in [9.17, 15) is 39.3 Å². The summed E-state index contributed by atoms with van der Waals surface area (Å²) in [6.07, 6.45) is -1.85. The van der Waals surface area contributed by atoms with Gasteiger partial charge in [-0.2, -0.15) is 0 Å². The predicted molar refractivity (Wildman–Crippen MR) is 143 cm³/mol. The molecule has 2 aromatic carbocycles. The standard InChI is InChI=1S/C27H35N5O8/c1-15(33)23(27(39)40)32-26(38)21(14-17-7-9-18(34)10-8-17)31-25(37)20(11-12-22(29)35)30-24(36)19(28)13-16-5-3-2-4-6-16/h2-10,15,19-21,23,33-34H,11-14,28H2,1H3,(H2,29,35)(H,30,36)(H,31,37)(H,32,38)(H,39,40). The fourth-order valence-electron chi connectivity index (χ4n) is 3.79. The van der Waals surface area contributed by atoms with Crippen LogP contribution in [0.15, 0.2) is 54.6 Å². The average molecular weight is 558 g/mol. The summed E-state index contributed by atoms with van der Waals surface area (Å²) in [6, 6.07) is 9.35. The first-order valence-electron chi connectivity index (χ1n) is 12.5. The van der Waals surface area contributed by atoms with Crippen LogP contribution in [0.1, 0.15) is 30.9 Å². The third-order valence-corrected chi connectivity index (χ3v) is 6.00. The molecule has 0 aromatic heterocycles. The number of rotatable bonds is 15. The van der Waals surface area contributed by atoms with Crippen LogP contribution in [0.4, 0.5) is 0 Å². The number of aromatic hydroxyl groups is 1. The molecule has 5 atom stereocenters. The molecule has 0 radical (unpaired) electrons. The summed E-state index contributed by atoms with van der Waals surface area (Å²) in [5.74, 6) is -4.68. The number of aliphatic hydroxyl groups excluding tert-OH is 1. The number of carbonyl (C=O) groups is 5. The molecule has 13 heteroatoms. The van der Waals surface area contributed by atoms with Crippen LogP contribution in [0, 0.1) is 0 Å². The minimum absolute atomic E-state index is 0.0325. The molecular weight excluding hydrogens is 522 g/mol. The first kappa shape index (κ1) is 31.7. The lowest BCUT2D eigenvalue weighted by Crippen LogP contribution is -2.59. The number of benzene rings is 2. The first-order valence-corrected chi connectivity index (χ1v) is 12.5. The Morgan fingerprint density at radius 3 is 1.90 bits per heavy atom. The van der Waals surface area contributed by atoms with Gasteiger partial charge in [0.25, 0.3) is 0 Å². The van der Waals surface area contributed by atoms with Crippen molar-refractivity contribution in [2.75, 3.05) is 0 Å². The third kappa shape index (κ3) is 10.3. The Bertz CT molecular complexity index is 1170. The fraction of sp³-hybridized carbons (Fsp3) is 0.370. The molecule has 2 rings (SSSR count). The number of phenols is 1. The molecule has 13 nitrogen and oxygen atoms in total. The number of carboxylic acids is 1. The number of hydrogen-bond donors (Lipinski definition) is 8. The number of hydrogen-bond acceptors (Lipinski definition) is 8. The fourth-order valence-corrected chi connectivity index (χ4v) is 3.79. The van der Waals surface area contributed by atoms with Crippen molar-refractivity contribution in [1.29, 1.82) is 0 Å². The Kier molecular flexibility index (Phi) is 12.0. The van der Waals surface area contributed by atoms with E-state index >= 15 is 0 Å². The third-order valence-electron chi connectivity index (χ3n) is 6.00. The summed E-state index contributed by atoms with van der Waals surface area (Å²) >= 11 is 0. The van der Waals surface area contributed by atoms with Crippen molar-refractivity contribution in [3.05, 3.63) is 65.7 Å². The Balaban J connectivity index is 2.24. The van der Waals surface area contributed by atoms with E-state index in [0.29, 0.717) is 5.56 Å². The van der Waals surface area contributed by atoms with Crippen LogP contribution in [-0.4, -0.2) is 75.2 Å². The number of primary amides is 1. The van der Waals surface area contributed by atoms with Gasteiger partial charge in [0, 0.05) is 12.8 Å². The Hall–Kier alpha value is -4.49. The van der Waals surface area contributed by atoms with Gasteiger partial charge in [-0.15, -0.1) is 0 Å². The normalized spacial score (nSPS) is 14.6. The summed E-state index contributed by atoms with van der Waals surface area (Å²) in [4.78, 5) is 62.1. The molecule has 0 bridgehead atoms. The van der Waals surface area contributed by atoms with Crippen LogP contribution in [0.5, 0.6) is 5.75 Å². The van der Waals surface area contributed by atoms with Crippen molar-refractivity contribution in [2.45, 2.75) is 62.9 Å². The molecule has 216 valence electrons. The van der Waals surface area contributed by atoms with Gasteiger partial charge in [0.15, 0.2) is 6.04 Å². The number of aliphatic hydroxyl groups is 1. The van der Waals surface area contributed by atoms with Crippen LogP contribution in [0.2, 0.25) is 0 Å². The van der Waals surface area contributed by atoms with E-state index in [-0.39, 0.29) is 31.4 Å². The highest BCUT2D eigenvalue weighted by atomic mass is 16.4. The van der Waals surface area contributed by atoms with Crippen molar-refractivity contribution in [1.82, 2.24) is 16.0 Å². The predicted octanol–water partition coefficient (Wildman–Crippen LogP) is -1.31. The molecular formula is C27H35N5O8. The Morgan fingerprint density at radius 2 is 1.35 bits per heavy atom. The number of nitrogens with one attached hydrogen (secondary N) is 3. The number of carbonyl (C=O) groups excluding carboxylic acids is 4. The molecule has 10 N–H and O–H groups in total. The lowest BCUT2D eigenvalue weighted by atomic mass is 10.0. The van der Waals surface area contributed by atoms with Crippen LogP contribution in [0.25, 0.3) is 0 Å². The maximum absolute atomic E-state index is 13.3. The van der Waals surface area contributed by atoms with Gasteiger partial charge in [-0.3, -0.25) is 19.2 Å². The highest BCUT2D eigenvalue weighted by Crippen LogP contribution is 2.12. The van der Waals surface area contributed by atoms with E-state index in [0.717, 1.165) is 5.56 Å². The van der Waals surface area contributed by atoms with Gasteiger partial charge in [-0.25, -0.2) is 4.79 Å². The van der Waals surface area contributed by atoms with E-state index in [1.165, 1.54) is 31.2 Å². The molecule has 0 spiro atoms. The maximum Gasteiger partial charge on any atom is 0.328 e. The minimum Gasteiger partial charge on any atom is -0.508 e. The molecule has 4 amide bonds. The van der Waals surface area contributed by atoms with Gasteiger partial charge in [-0.1, -0.05) is 42.5 Å². The van der Waals surface area contributed by atoms with Crippen LogP contribution >= 0.6 is 0 Å². The van der Waals surface area contributed by atoms with Gasteiger partial charge in [0.2, 0.25) is 23.6 Å². The number of phenolic OH excluding ortho intramolecular Hbond substituents is 1. The van der Waals surface area contributed by atoms with Crippen molar-refractivity contribution in [3.8, 4) is 5.75 Å². The summed E-state index contributed by atoms with van der Waals surface area (Å²) in [5, 5.41) is 35.9. The van der Waals surface area contributed by atoms with Crippen LogP contribution in [0.3, 0.4) is 0 Å². The van der Waals surface area contributed by atoms with Gasteiger partial charge < -0.3 is 42.7 Å². The minimum atomic E-state index is -1.66. The van der Waals surface area contributed by atoms with Gasteiger partial charge in [0.05, 0.1) is 12.1 Å². The maximum atomic E-state index is 13.3.